The normalized spacial score (nSPS) is 17.9. The molecule has 1 amide bonds. The fraction of sp³-hybridized carbons (Fsp3) is 0.273. The number of thiophene rings is 1. The fourth-order valence-electron chi connectivity index (χ4n) is 3.73. The Labute approximate surface area is 172 Å². The summed E-state index contributed by atoms with van der Waals surface area (Å²) in [5, 5.41) is 14.5. The first-order valence-electron chi connectivity index (χ1n) is 9.64. The number of carbonyl (C=O) groups is 1. The predicted octanol–water partition coefficient (Wildman–Crippen LogP) is 5.99. The lowest BCUT2D eigenvalue weighted by Gasteiger charge is -2.09. The van der Waals surface area contributed by atoms with E-state index in [-0.39, 0.29) is 5.91 Å². The number of thioether (sulfide) groups is 1. The Morgan fingerprint density at radius 2 is 2.25 bits per heavy atom. The van der Waals surface area contributed by atoms with Gasteiger partial charge in [-0.25, -0.2) is 0 Å². The van der Waals surface area contributed by atoms with Crippen molar-refractivity contribution in [3.8, 4) is 10.6 Å². The number of rotatable bonds is 5. The molecular formula is C22H21N3OS2. The Morgan fingerprint density at radius 1 is 1.29 bits per heavy atom. The molecule has 0 spiro atoms. The molecule has 1 unspecified atom stereocenters. The molecule has 1 aliphatic carbocycles. The number of H-pyrrole nitrogens is 1. The third-order valence-electron chi connectivity index (χ3n) is 5.22. The fourth-order valence-corrected chi connectivity index (χ4v) is 5.82. The number of nitrogens with zero attached hydrogens (tertiary/aromatic N) is 1. The van der Waals surface area contributed by atoms with Crippen LogP contribution < -0.4 is 5.32 Å². The Bertz CT molecular complexity index is 1080. The van der Waals surface area contributed by atoms with Gasteiger partial charge in [0.25, 0.3) is 0 Å². The van der Waals surface area contributed by atoms with E-state index < -0.39 is 0 Å². The van der Waals surface area contributed by atoms with Gasteiger partial charge in [0.05, 0.1) is 10.4 Å². The molecule has 0 saturated heterocycles. The van der Waals surface area contributed by atoms with Gasteiger partial charge in [-0.2, -0.15) is 5.10 Å². The lowest BCUT2D eigenvalue weighted by Crippen LogP contribution is -2.13. The molecule has 5 rings (SSSR count). The molecular weight excluding hydrogens is 386 g/mol. The molecule has 0 bridgehead atoms. The standard InChI is InChI=1S/C22H21N3OS2/c26-21(10-8-16-5-3-11-27-16)23-15-7-9-18-17(13-15)22(25-24-18)20-12-14-4-1-2-6-19(14)28-20/h1,3-4,7,9,11-13,16H,2,5-6,8,10H2,(H,23,26)(H,24,25). The Morgan fingerprint density at radius 3 is 3.11 bits per heavy atom. The minimum atomic E-state index is 0.0774. The van der Waals surface area contributed by atoms with E-state index in [1.165, 1.54) is 15.3 Å². The summed E-state index contributed by atoms with van der Waals surface area (Å²) in [5.74, 6) is 0.0774. The largest absolute Gasteiger partial charge is 0.326 e. The van der Waals surface area contributed by atoms with Crippen molar-refractivity contribution >= 4 is 51.7 Å². The zero-order valence-electron chi connectivity index (χ0n) is 15.4. The SMILES string of the molecule is O=C(CCC1CC=CS1)Nc1ccc2[nH]nc(-c3cc4c(s3)CCC=C4)c2c1. The number of amides is 1. The van der Waals surface area contributed by atoms with Gasteiger partial charge in [-0.15, -0.1) is 23.1 Å². The van der Waals surface area contributed by atoms with E-state index >= 15 is 0 Å². The highest BCUT2D eigenvalue weighted by Crippen LogP contribution is 2.37. The number of benzene rings is 1. The zero-order chi connectivity index (χ0) is 18.9. The number of allylic oxidation sites excluding steroid dienone is 2. The number of aromatic amines is 1. The van der Waals surface area contributed by atoms with E-state index in [0.29, 0.717) is 11.7 Å². The molecule has 3 heterocycles. The van der Waals surface area contributed by atoms with Crippen molar-refractivity contribution < 1.29 is 4.79 Å². The first kappa shape index (κ1) is 17.8. The van der Waals surface area contributed by atoms with Gasteiger partial charge in [0, 0.05) is 27.6 Å². The second-order valence-electron chi connectivity index (χ2n) is 7.22. The number of nitrogens with one attached hydrogen (secondary N) is 2. The number of fused-ring (bicyclic) bond motifs is 2. The summed E-state index contributed by atoms with van der Waals surface area (Å²) in [6, 6.07) is 8.19. The van der Waals surface area contributed by atoms with Crippen LogP contribution in [0.4, 0.5) is 5.69 Å². The van der Waals surface area contributed by atoms with E-state index in [4.69, 9.17) is 0 Å². The maximum atomic E-state index is 12.4. The lowest BCUT2D eigenvalue weighted by molar-refractivity contribution is -0.116. The number of hydrogen-bond donors (Lipinski definition) is 2. The molecule has 4 nitrogen and oxygen atoms in total. The van der Waals surface area contributed by atoms with Crippen LogP contribution in [0.25, 0.3) is 27.6 Å². The molecule has 28 heavy (non-hydrogen) atoms. The van der Waals surface area contributed by atoms with Crippen molar-refractivity contribution in [2.45, 2.75) is 37.4 Å². The summed E-state index contributed by atoms with van der Waals surface area (Å²) in [5.41, 5.74) is 4.10. The highest BCUT2D eigenvalue weighted by molar-refractivity contribution is 8.03. The molecule has 1 atom stereocenters. The van der Waals surface area contributed by atoms with Crippen molar-refractivity contribution in [2.24, 2.45) is 0 Å². The van der Waals surface area contributed by atoms with Crippen LogP contribution in [0.3, 0.4) is 0 Å². The van der Waals surface area contributed by atoms with E-state index in [1.807, 2.05) is 41.3 Å². The topological polar surface area (TPSA) is 57.8 Å². The number of hydrogen-bond acceptors (Lipinski definition) is 4. The zero-order valence-corrected chi connectivity index (χ0v) is 17.0. The van der Waals surface area contributed by atoms with E-state index in [0.717, 1.165) is 48.0 Å². The van der Waals surface area contributed by atoms with Crippen LogP contribution in [-0.2, 0) is 11.2 Å². The minimum absolute atomic E-state index is 0.0774. The summed E-state index contributed by atoms with van der Waals surface area (Å²) in [6.45, 7) is 0. The highest BCUT2D eigenvalue weighted by Gasteiger charge is 2.17. The first-order chi connectivity index (χ1) is 13.8. The molecule has 142 valence electrons. The second-order valence-corrected chi connectivity index (χ2v) is 9.56. The molecule has 2 N–H and O–H groups in total. The monoisotopic (exact) mass is 407 g/mol. The molecule has 2 aliphatic rings. The molecule has 1 aliphatic heterocycles. The molecule has 0 fully saturated rings. The van der Waals surface area contributed by atoms with Crippen molar-refractivity contribution in [1.29, 1.82) is 0 Å². The van der Waals surface area contributed by atoms with E-state index in [1.54, 1.807) is 0 Å². The quantitative estimate of drug-likeness (QED) is 0.546. The smallest absolute Gasteiger partial charge is 0.224 e. The van der Waals surface area contributed by atoms with Gasteiger partial charge in [-0.1, -0.05) is 18.2 Å². The lowest BCUT2D eigenvalue weighted by atomic mass is 10.1. The van der Waals surface area contributed by atoms with Crippen LogP contribution in [0.5, 0.6) is 0 Å². The Balaban J connectivity index is 1.35. The van der Waals surface area contributed by atoms with Gasteiger partial charge >= 0.3 is 0 Å². The maximum absolute atomic E-state index is 12.4. The van der Waals surface area contributed by atoms with Crippen LogP contribution in [-0.4, -0.2) is 21.4 Å². The van der Waals surface area contributed by atoms with Crippen molar-refractivity contribution in [3.05, 3.63) is 52.3 Å². The number of anilines is 1. The average Bonchev–Trinajstić information content (AvgIpc) is 3.44. The molecule has 0 saturated carbocycles. The maximum Gasteiger partial charge on any atom is 0.224 e. The van der Waals surface area contributed by atoms with Gasteiger partial charge < -0.3 is 5.32 Å². The van der Waals surface area contributed by atoms with Gasteiger partial charge in [0.1, 0.15) is 5.69 Å². The number of carbonyl (C=O) groups excluding carboxylic acids is 1. The predicted molar refractivity (Wildman–Crippen MR) is 120 cm³/mol. The molecule has 2 aromatic heterocycles. The summed E-state index contributed by atoms with van der Waals surface area (Å²) in [7, 11) is 0. The summed E-state index contributed by atoms with van der Waals surface area (Å²) < 4.78 is 0. The second kappa shape index (κ2) is 7.60. The van der Waals surface area contributed by atoms with Gasteiger partial charge in [-0.3, -0.25) is 9.89 Å². The number of aryl methyl sites for hydroxylation is 1. The van der Waals surface area contributed by atoms with Gasteiger partial charge in [-0.05, 0) is 60.9 Å². The van der Waals surface area contributed by atoms with Crippen LogP contribution >= 0.6 is 23.1 Å². The van der Waals surface area contributed by atoms with Crippen molar-refractivity contribution in [3.63, 3.8) is 0 Å². The van der Waals surface area contributed by atoms with Crippen LogP contribution in [0, 0.1) is 0 Å². The van der Waals surface area contributed by atoms with Crippen LogP contribution in [0.15, 0.2) is 41.8 Å². The van der Waals surface area contributed by atoms with Crippen molar-refractivity contribution in [2.75, 3.05) is 5.32 Å². The first-order valence-corrected chi connectivity index (χ1v) is 11.4. The molecule has 3 aromatic rings. The van der Waals surface area contributed by atoms with Crippen molar-refractivity contribution in [1.82, 2.24) is 10.2 Å². The number of aromatic nitrogens is 2. The summed E-state index contributed by atoms with van der Waals surface area (Å²) >= 11 is 3.65. The summed E-state index contributed by atoms with van der Waals surface area (Å²) in [4.78, 5) is 15.0. The summed E-state index contributed by atoms with van der Waals surface area (Å²) in [6.07, 6.45) is 11.4. The Hall–Kier alpha value is -2.31. The highest BCUT2D eigenvalue weighted by atomic mass is 32.2. The van der Waals surface area contributed by atoms with Crippen LogP contribution in [0.2, 0.25) is 0 Å². The van der Waals surface area contributed by atoms with Gasteiger partial charge in [0.2, 0.25) is 5.91 Å². The molecule has 1 aromatic carbocycles. The molecule has 0 radical (unpaired) electrons. The third kappa shape index (κ3) is 3.54. The van der Waals surface area contributed by atoms with Crippen LogP contribution in [0.1, 0.15) is 36.1 Å². The van der Waals surface area contributed by atoms with Gasteiger partial charge in [0.15, 0.2) is 0 Å². The van der Waals surface area contributed by atoms with E-state index in [2.05, 4.69) is 45.2 Å². The Kier molecular flexibility index (Phi) is 4.82. The van der Waals surface area contributed by atoms with E-state index in [9.17, 15) is 4.79 Å². The average molecular weight is 408 g/mol. The third-order valence-corrected chi connectivity index (χ3v) is 7.60. The minimum Gasteiger partial charge on any atom is -0.326 e. The molecule has 6 heteroatoms.